The number of piperazine rings is 1. The van der Waals surface area contributed by atoms with E-state index in [-0.39, 0.29) is 11.8 Å². The fraction of sp³-hybridized carbons (Fsp3) is 0.900. The lowest BCUT2D eigenvalue weighted by molar-refractivity contribution is -0.139. The number of nitrogens with zero attached hydrogens (tertiary/aromatic N) is 4. The Balaban J connectivity index is 1.44. The molecule has 1 N–H and O–H groups in total. The van der Waals surface area contributed by atoms with E-state index >= 15 is 0 Å². The molecular formula is C20H37N5O2. The Morgan fingerprint density at radius 1 is 0.963 bits per heavy atom. The SMILES string of the molecule is CCNC(=O)CN1CCC(N2CCCC(C(=O)N3CCN(C)CC3)C2)CC1. The van der Waals surface area contributed by atoms with Gasteiger partial charge in [0, 0.05) is 58.4 Å². The minimum Gasteiger partial charge on any atom is -0.355 e. The van der Waals surface area contributed by atoms with Crippen molar-refractivity contribution in [3.05, 3.63) is 0 Å². The summed E-state index contributed by atoms with van der Waals surface area (Å²) >= 11 is 0. The van der Waals surface area contributed by atoms with Gasteiger partial charge in [0.1, 0.15) is 0 Å². The van der Waals surface area contributed by atoms with Crippen molar-refractivity contribution in [2.45, 2.75) is 38.6 Å². The fourth-order valence-corrected chi connectivity index (χ4v) is 4.72. The molecule has 3 saturated heterocycles. The molecule has 0 bridgehead atoms. The second-order valence-corrected chi connectivity index (χ2v) is 8.42. The third kappa shape index (κ3) is 5.65. The van der Waals surface area contributed by atoms with E-state index in [2.05, 4.69) is 32.0 Å². The minimum atomic E-state index is 0.131. The van der Waals surface area contributed by atoms with E-state index in [0.717, 1.165) is 78.0 Å². The number of likely N-dealkylation sites (tertiary alicyclic amines) is 2. The Kier molecular flexibility index (Phi) is 7.49. The highest BCUT2D eigenvalue weighted by Gasteiger charge is 2.34. The molecule has 0 aromatic carbocycles. The van der Waals surface area contributed by atoms with Gasteiger partial charge in [-0.1, -0.05) is 0 Å². The first kappa shape index (κ1) is 20.6. The van der Waals surface area contributed by atoms with E-state index in [0.29, 0.717) is 25.0 Å². The van der Waals surface area contributed by atoms with Gasteiger partial charge in [-0.05, 0) is 46.2 Å². The van der Waals surface area contributed by atoms with Gasteiger partial charge in [-0.2, -0.15) is 0 Å². The normalized spacial score (nSPS) is 26.9. The zero-order valence-corrected chi connectivity index (χ0v) is 17.2. The van der Waals surface area contributed by atoms with Crippen LogP contribution in [-0.2, 0) is 9.59 Å². The van der Waals surface area contributed by atoms with Crippen molar-refractivity contribution in [3.8, 4) is 0 Å². The third-order valence-corrected chi connectivity index (χ3v) is 6.43. The minimum absolute atomic E-state index is 0.131. The molecule has 0 aromatic rings. The lowest BCUT2D eigenvalue weighted by atomic mass is 9.92. The van der Waals surface area contributed by atoms with Gasteiger partial charge in [-0.15, -0.1) is 0 Å². The van der Waals surface area contributed by atoms with Crippen molar-refractivity contribution in [2.75, 3.05) is 72.5 Å². The van der Waals surface area contributed by atoms with Crippen molar-refractivity contribution in [1.29, 1.82) is 0 Å². The number of nitrogens with one attached hydrogen (secondary N) is 1. The fourth-order valence-electron chi connectivity index (χ4n) is 4.72. The number of carbonyl (C=O) groups is 2. The molecule has 0 saturated carbocycles. The van der Waals surface area contributed by atoms with Crippen LogP contribution < -0.4 is 5.32 Å². The molecule has 3 rings (SSSR count). The van der Waals surface area contributed by atoms with Gasteiger partial charge in [0.15, 0.2) is 0 Å². The number of hydrogen-bond donors (Lipinski definition) is 1. The van der Waals surface area contributed by atoms with Gasteiger partial charge in [-0.25, -0.2) is 0 Å². The molecular weight excluding hydrogens is 342 g/mol. The van der Waals surface area contributed by atoms with Gasteiger partial charge >= 0.3 is 0 Å². The van der Waals surface area contributed by atoms with Crippen molar-refractivity contribution in [2.24, 2.45) is 5.92 Å². The van der Waals surface area contributed by atoms with Gasteiger partial charge in [0.2, 0.25) is 11.8 Å². The van der Waals surface area contributed by atoms with Crippen LogP contribution in [0.5, 0.6) is 0 Å². The first-order valence-corrected chi connectivity index (χ1v) is 10.8. The smallest absolute Gasteiger partial charge is 0.234 e. The maximum Gasteiger partial charge on any atom is 0.234 e. The van der Waals surface area contributed by atoms with E-state index in [4.69, 9.17) is 0 Å². The summed E-state index contributed by atoms with van der Waals surface area (Å²) in [6.07, 6.45) is 4.38. The van der Waals surface area contributed by atoms with Crippen LogP contribution in [-0.4, -0.2) is 110 Å². The summed E-state index contributed by atoms with van der Waals surface area (Å²) in [4.78, 5) is 33.9. The monoisotopic (exact) mass is 379 g/mol. The molecule has 7 nitrogen and oxygen atoms in total. The molecule has 3 heterocycles. The summed E-state index contributed by atoms with van der Waals surface area (Å²) in [7, 11) is 2.13. The molecule has 0 spiro atoms. The molecule has 3 aliphatic heterocycles. The summed E-state index contributed by atoms with van der Waals surface area (Å²) in [5.74, 6) is 0.684. The average molecular weight is 380 g/mol. The van der Waals surface area contributed by atoms with Crippen LogP contribution in [0.15, 0.2) is 0 Å². The maximum absolute atomic E-state index is 13.0. The van der Waals surface area contributed by atoms with Crippen molar-refractivity contribution in [1.82, 2.24) is 24.9 Å². The number of likely N-dealkylation sites (N-methyl/N-ethyl adjacent to an activating group) is 2. The molecule has 0 aromatic heterocycles. The number of rotatable bonds is 5. The summed E-state index contributed by atoms with van der Waals surface area (Å²) < 4.78 is 0. The summed E-state index contributed by atoms with van der Waals surface area (Å²) in [6, 6.07) is 0.568. The number of piperidine rings is 2. The zero-order chi connectivity index (χ0) is 19.2. The number of hydrogen-bond acceptors (Lipinski definition) is 5. The molecule has 7 heteroatoms. The van der Waals surface area contributed by atoms with E-state index in [9.17, 15) is 9.59 Å². The van der Waals surface area contributed by atoms with Crippen LogP contribution in [0.4, 0.5) is 0 Å². The zero-order valence-electron chi connectivity index (χ0n) is 17.2. The van der Waals surface area contributed by atoms with Crippen LogP contribution in [0.1, 0.15) is 32.6 Å². The van der Waals surface area contributed by atoms with Crippen molar-refractivity contribution in [3.63, 3.8) is 0 Å². The predicted octanol–water partition coefficient (Wildman–Crippen LogP) is 0.0729. The molecule has 2 amide bonds. The predicted molar refractivity (Wildman–Crippen MR) is 107 cm³/mol. The molecule has 1 unspecified atom stereocenters. The second kappa shape index (κ2) is 9.85. The molecule has 0 aliphatic carbocycles. The van der Waals surface area contributed by atoms with E-state index in [1.54, 1.807) is 0 Å². The Morgan fingerprint density at radius 3 is 2.33 bits per heavy atom. The van der Waals surface area contributed by atoms with Gasteiger partial charge < -0.3 is 15.1 Å². The molecule has 0 radical (unpaired) electrons. The highest BCUT2D eigenvalue weighted by atomic mass is 16.2. The van der Waals surface area contributed by atoms with Crippen LogP contribution in [0, 0.1) is 5.92 Å². The van der Waals surface area contributed by atoms with Gasteiger partial charge in [0.05, 0.1) is 12.5 Å². The lowest BCUT2D eigenvalue weighted by Crippen LogP contribution is -2.54. The Bertz CT molecular complexity index is 499. The van der Waals surface area contributed by atoms with Crippen LogP contribution in [0.25, 0.3) is 0 Å². The quantitative estimate of drug-likeness (QED) is 0.733. The third-order valence-electron chi connectivity index (χ3n) is 6.43. The average Bonchev–Trinajstić information content (AvgIpc) is 2.69. The first-order chi connectivity index (χ1) is 13.1. The molecule has 3 fully saturated rings. The van der Waals surface area contributed by atoms with E-state index in [1.165, 1.54) is 0 Å². The molecule has 1 atom stereocenters. The largest absolute Gasteiger partial charge is 0.355 e. The molecule has 154 valence electrons. The van der Waals surface area contributed by atoms with Crippen LogP contribution in [0.3, 0.4) is 0 Å². The maximum atomic E-state index is 13.0. The van der Waals surface area contributed by atoms with E-state index < -0.39 is 0 Å². The second-order valence-electron chi connectivity index (χ2n) is 8.42. The summed E-state index contributed by atoms with van der Waals surface area (Å²) in [5.41, 5.74) is 0. The van der Waals surface area contributed by atoms with Crippen LogP contribution in [0.2, 0.25) is 0 Å². The van der Waals surface area contributed by atoms with Gasteiger partial charge in [-0.3, -0.25) is 19.4 Å². The Hall–Kier alpha value is -1.18. The highest BCUT2D eigenvalue weighted by Crippen LogP contribution is 2.25. The Labute approximate surface area is 164 Å². The van der Waals surface area contributed by atoms with Crippen molar-refractivity contribution < 1.29 is 9.59 Å². The standard InChI is InChI=1S/C20H37N5O2/c1-3-21-19(26)16-23-9-6-18(7-10-23)25-8-4-5-17(15-25)20(27)24-13-11-22(2)12-14-24/h17-18H,3-16H2,1-2H3,(H,21,26). The summed E-state index contributed by atoms with van der Waals surface area (Å²) in [6.45, 7) is 10.9. The van der Waals surface area contributed by atoms with Crippen molar-refractivity contribution >= 4 is 11.8 Å². The Morgan fingerprint density at radius 2 is 1.67 bits per heavy atom. The summed E-state index contributed by atoms with van der Waals surface area (Å²) in [5, 5.41) is 2.88. The van der Waals surface area contributed by atoms with Gasteiger partial charge in [0.25, 0.3) is 0 Å². The van der Waals surface area contributed by atoms with E-state index in [1.807, 2.05) is 6.92 Å². The lowest BCUT2D eigenvalue weighted by Gasteiger charge is -2.43. The molecule has 27 heavy (non-hydrogen) atoms. The topological polar surface area (TPSA) is 59.1 Å². The van der Waals surface area contributed by atoms with Crippen LogP contribution >= 0.6 is 0 Å². The first-order valence-electron chi connectivity index (χ1n) is 10.8. The number of carbonyl (C=O) groups excluding carboxylic acids is 2. The molecule has 3 aliphatic rings. The highest BCUT2D eigenvalue weighted by molar-refractivity contribution is 5.79. The number of amides is 2.